The molecule has 2 aliphatic heterocycles. The molecule has 6 nitrogen and oxygen atoms in total. The molecule has 2 aromatic rings. The number of anilines is 1. The fourth-order valence-electron chi connectivity index (χ4n) is 3.78. The van der Waals surface area contributed by atoms with Crippen LogP contribution < -0.4 is 4.90 Å². The highest BCUT2D eigenvalue weighted by molar-refractivity contribution is 6.00. The number of aromatic nitrogens is 2. The van der Waals surface area contributed by atoms with Gasteiger partial charge in [0.05, 0.1) is 12.7 Å². The predicted molar refractivity (Wildman–Crippen MR) is 94.2 cm³/mol. The molecule has 1 atom stereocenters. The minimum absolute atomic E-state index is 0.0319. The number of amides is 2. The summed E-state index contributed by atoms with van der Waals surface area (Å²) in [5.41, 5.74) is 2.15. The summed E-state index contributed by atoms with van der Waals surface area (Å²) in [5.74, 6) is 0.0209. The molecule has 1 saturated heterocycles. The van der Waals surface area contributed by atoms with Crippen molar-refractivity contribution in [3.8, 4) is 0 Å². The third-order valence-electron chi connectivity index (χ3n) is 5.15. The molecular formula is C19H22N4O2. The highest BCUT2D eigenvalue weighted by atomic mass is 16.2. The summed E-state index contributed by atoms with van der Waals surface area (Å²) in [6, 6.07) is 7.45. The van der Waals surface area contributed by atoms with Gasteiger partial charge < -0.3 is 14.4 Å². The number of imidazole rings is 1. The van der Waals surface area contributed by atoms with Gasteiger partial charge in [-0.3, -0.25) is 9.59 Å². The van der Waals surface area contributed by atoms with Crippen molar-refractivity contribution in [3.63, 3.8) is 0 Å². The van der Waals surface area contributed by atoms with Crippen molar-refractivity contribution < 1.29 is 9.59 Å². The number of rotatable bonds is 4. The second kappa shape index (κ2) is 6.70. The van der Waals surface area contributed by atoms with Crippen LogP contribution in [0.1, 0.15) is 30.9 Å². The zero-order chi connectivity index (χ0) is 17.2. The van der Waals surface area contributed by atoms with E-state index in [4.69, 9.17) is 0 Å². The fourth-order valence-corrected chi connectivity index (χ4v) is 3.78. The van der Waals surface area contributed by atoms with Crippen molar-refractivity contribution in [3.05, 3.63) is 48.5 Å². The Labute approximate surface area is 147 Å². The lowest BCUT2D eigenvalue weighted by molar-refractivity contribution is -0.134. The quantitative estimate of drug-likeness (QED) is 0.857. The van der Waals surface area contributed by atoms with E-state index >= 15 is 0 Å². The Bertz CT molecular complexity index is 765. The summed E-state index contributed by atoms with van der Waals surface area (Å²) in [6.45, 7) is 2.27. The SMILES string of the molecule is O=C(CC(C(=O)N1CCc2ccccc21)n1ccnc1)N1CCCC1. The second-order valence-corrected chi connectivity index (χ2v) is 6.69. The van der Waals surface area contributed by atoms with Crippen molar-refractivity contribution in [2.45, 2.75) is 31.7 Å². The van der Waals surface area contributed by atoms with Gasteiger partial charge in [0.15, 0.2) is 0 Å². The molecule has 0 aliphatic carbocycles. The first-order chi connectivity index (χ1) is 12.2. The van der Waals surface area contributed by atoms with Crippen LogP contribution in [-0.4, -0.2) is 45.9 Å². The van der Waals surface area contributed by atoms with Crippen molar-refractivity contribution in [1.82, 2.24) is 14.5 Å². The van der Waals surface area contributed by atoms with Gasteiger partial charge in [-0.25, -0.2) is 4.98 Å². The summed E-state index contributed by atoms with van der Waals surface area (Å²) in [7, 11) is 0. The molecule has 2 amide bonds. The summed E-state index contributed by atoms with van der Waals surface area (Å²) in [5, 5.41) is 0. The van der Waals surface area contributed by atoms with E-state index in [0.717, 1.165) is 38.0 Å². The van der Waals surface area contributed by atoms with Crippen molar-refractivity contribution in [2.75, 3.05) is 24.5 Å². The highest BCUT2D eigenvalue weighted by Gasteiger charge is 2.33. The Balaban J connectivity index is 1.58. The number of nitrogens with zero attached hydrogens (tertiary/aromatic N) is 4. The molecule has 0 radical (unpaired) electrons. The monoisotopic (exact) mass is 338 g/mol. The lowest BCUT2D eigenvalue weighted by atomic mass is 10.1. The molecule has 1 unspecified atom stereocenters. The van der Waals surface area contributed by atoms with E-state index < -0.39 is 6.04 Å². The van der Waals surface area contributed by atoms with Gasteiger partial charge in [0.2, 0.25) is 5.91 Å². The minimum atomic E-state index is -0.540. The largest absolute Gasteiger partial charge is 0.343 e. The van der Waals surface area contributed by atoms with Gasteiger partial charge in [0.1, 0.15) is 6.04 Å². The maximum atomic E-state index is 13.3. The Hall–Kier alpha value is -2.63. The smallest absolute Gasteiger partial charge is 0.250 e. The summed E-state index contributed by atoms with van der Waals surface area (Å²) < 4.78 is 1.76. The Kier molecular flexibility index (Phi) is 4.26. The Morgan fingerprint density at radius 1 is 1.12 bits per heavy atom. The van der Waals surface area contributed by atoms with E-state index in [1.54, 1.807) is 23.3 Å². The number of para-hydroxylation sites is 1. The van der Waals surface area contributed by atoms with Gasteiger partial charge in [-0.2, -0.15) is 0 Å². The molecule has 0 N–H and O–H groups in total. The zero-order valence-corrected chi connectivity index (χ0v) is 14.2. The van der Waals surface area contributed by atoms with Gasteiger partial charge in [-0.15, -0.1) is 0 Å². The van der Waals surface area contributed by atoms with Crippen molar-refractivity contribution in [2.24, 2.45) is 0 Å². The lowest BCUT2D eigenvalue weighted by Crippen LogP contribution is -2.39. The number of carbonyl (C=O) groups is 2. The predicted octanol–water partition coefficient (Wildman–Crippen LogP) is 2.03. The lowest BCUT2D eigenvalue weighted by Gasteiger charge is -2.26. The summed E-state index contributed by atoms with van der Waals surface area (Å²) >= 11 is 0. The third-order valence-corrected chi connectivity index (χ3v) is 5.15. The Morgan fingerprint density at radius 3 is 2.68 bits per heavy atom. The summed E-state index contributed by atoms with van der Waals surface area (Å²) in [6.07, 6.45) is 8.19. The molecule has 25 heavy (non-hydrogen) atoms. The standard InChI is InChI=1S/C19H22N4O2/c24-18(21-9-3-4-10-21)13-17(22-12-8-20-14-22)19(25)23-11-7-15-5-1-2-6-16(15)23/h1-2,5-6,8,12,14,17H,3-4,7,9-11,13H2. The van der Waals surface area contributed by atoms with Crippen LogP contribution in [0.25, 0.3) is 0 Å². The van der Waals surface area contributed by atoms with Gasteiger partial charge in [0.25, 0.3) is 5.91 Å². The number of hydrogen-bond donors (Lipinski definition) is 0. The van der Waals surface area contributed by atoms with Gasteiger partial charge >= 0.3 is 0 Å². The summed E-state index contributed by atoms with van der Waals surface area (Å²) in [4.78, 5) is 33.7. The van der Waals surface area contributed by atoms with E-state index in [1.807, 2.05) is 28.0 Å². The first-order valence-electron chi connectivity index (χ1n) is 8.88. The molecule has 1 aromatic heterocycles. The van der Waals surface area contributed by atoms with Crippen molar-refractivity contribution in [1.29, 1.82) is 0 Å². The van der Waals surface area contributed by atoms with Gasteiger partial charge in [-0.1, -0.05) is 18.2 Å². The maximum absolute atomic E-state index is 13.3. The molecule has 1 fully saturated rings. The number of benzene rings is 1. The number of hydrogen-bond acceptors (Lipinski definition) is 3. The average Bonchev–Trinajstić information content (AvgIpc) is 3.40. The molecular weight excluding hydrogens is 316 g/mol. The van der Waals surface area contributed by atoms with Gasteiger partial charge in [0, 0.05) is 37.7 Å². The molecule has 3 heterocycles. The Morgan fingerprint density at radius 2 is 1.92 bits per heavy atom. The van der Waals surface area contributed by atoms with Crippen LogP contribution in [-0.2, 0) is 16.0 Å². The van der Waals surface area contributed by atoms with E-state index in [-0.39, 0.29) is 18.2 Å². The topological polar surface area (TPSA) is 58.4 Å². The van der Waals surface area contributed by atoms with Crippen LogP contribution >= 0.6 is 0 Å². The number of carbonyl (C=O) groups excluding carboxylic acids is 2. The molecule has 6 heteroatoms. The van der Waals surface area contributed by atoms with Crippen LogP contribution in [0.2, 0.25) is 0 Å². The molecule has 0 bridgehead atoms. The molecule has 2 aliphatic rings. The molecule has 1 aromatic carbocycles. The molecule has 0 saturated carbocycles. The van der Waals surface area contributed by atoms with E-state index in [9.17, 15) is 9.59 Å². The van der Waals surface area contributed by atoms with Crippen LogP contribution in [0.4, 0.5) is 5.69 Å². The van der Waals surface area contributed by atoms with Crippen LogP contribution in [0.3, 0.4) is 0 Å². The second-order valence-electron chi connectivity index (χ2n) is 6.69. The minimum Gasteiger partial charge on any atom is -0.343 e. The average molecular weight is 338 g/mol. The van der Waals surface area contributed by atoms with Crippen LogP contribution in [0.15, 0.2) is 43.0 Å². The molecule has 130 valence electrons. The first-order valence-corrected chi connectivity index (χ1v) is 8.88. The van der Waals surface area contributed by atoms with E-state index in [2.05, 4.69) is 11.1 Å². The fraction of sp³-hybridized carbons (Fsp3) is 0.421. The normalized spacial score (nSPS) is 17.6. The van der Waals surface area contributed by atoms with E-state index in [1.165, 1.54) is 5.56 Å². The van der Waals surface area contributed by atoms with Crippen molar-refractivity contribution >= 4 is 17.5 Å². The molecule has 0 spiro atoms. The zero-order valence-electron chi connectivity index (χ0n) is 14.2. The van der Waals surface area contributed by atoms with Crippen LogP contribution in [0, 0.1) is 0 Å². The highest BCUT2D eigenvalue weighted by Crippen LogP contribution is 2.30. The number of likely N-dealkylation sites (tertiary alicyclic amines) is 1. The third kappa shape index (κ3) is 3.04. The molecule has 4 rings (SSSR count). The van der Waals surface area contributed by atoms with E-state index in [0.29, 0.717) is 6.54 Å². The number of fused-ring (bicyclic) bond motifs is 1. The van der Waals surface area contributed by atoms with Gasteiger partial charge in [-0.05, 0) is 30.9 Å². The van der Waals surface area contributed by atoms with Crippen LogP contribution in [0.5, 0.6) is 0 Å². The first kappa shape index (κ1) is 15.9. The maximum Gasteiger partial charge on any atom is 0.250 e.